The number of fused-ring (bicyclic) bond motifs is 1. The highest BCUT2D eigenvalue weighted by Crippen LogP contribution is 2.27. The molecular formula is C16H25N7O2. The fraction of sp³-hybridized carbons (Fsp3) is 0.750. The van der Waals surface area contributed by atoms with E-state index >= 15 is 0 Å². The number of ether oxygens (including phenoxy) is 1. The van der Waals surface area contributed by atoms with Crippen LogP contribution in [0.15, 0.2) is 4.63 Å². The second-order valence-electron chi connectivity index (χ2n) is 6.83. The number of likely N-dealkylation sites (tertiary alicyclic amines) is 1. The van der Waals surface area contributed by atoms with Gasteiger partial charge in [-0.2, -0.15) is 0 Å². The maximum absolute atomic E-state index is 5.17. The lowest BCUT2D eigenvalue weighted by molar-refractivity contribution is 0.159. The molecule has 0 radical (unpaired) electrons. The lowest BCUT2D eigenvalue weighted by atomic mass is 10.1. The minimum absolute atomic E-state index is 0.457. The number of methoxy groups -OCH3 is 1. The van der Waals surface area contributed by atoms with Crippen molar-refractivity contribution < 1.29 is 9.37 Å². The Morgan fingerprint density at radius 2 is 1.96 bits per heavy atom. The van der Waals surface area contributed by atoms with E-state index in [1.807, 2.05) is 0 Å². The Hall–Kier alpha value is -2.00. The van der Waals surface area contributed by atoms with Crippen molar-refractivity contribution in [1.82, 2.24) is 25.2 Å². The van der Waals surface area contributed by atoms with Crippen LogP contribution in [0.3, 0.4) is 0 Å². The van der Waals surface area contributed by atoms with Gasteiger partial charge in [0.05, 0.1) is 6.61 Å². The van der Waals surface area contributed by atoms with Crippen LogP contribution in [0.2, 0.25) is 0 Å². The molecule has 0 aromatic carbocycles. The van der Waals surface area contributed by atoms with Gasteiger partial charge in [0.25, 0.3) is 0 Å². The molecule has 2 aliphatic heterocycles. The van der Waals surface area contributed by atoms with Gasteiger partial charge in [-0.1, -0.05) is 0 Å². The van der Waals surface area contributed by atoms with Gasteiger partial charge in [0.1, 0.15) is 0 Å². The molecule has 136 valence electrons. The quantitative estimate of drug-likeness (QED) is 0.787. The number of nitrogens with one attached hydrogen (secondary N) is 1. The Labute approximate surface area is 146 Å². The summed E-state index contributed by atoms with van der Waals surface area (Å²) in [5.41, 5.74) is 0.928. The monoisotopic (exact) mass is 347 g/mol. The van der Waals surface area contributed by atoms with Crippen molar-refractivity contribution in [2.24, 2.45) is 5.92 Å². The van der Waals surface area contributed by atoms with Crippen molar-refractivity contribution in [2.45, 2.75) is 19.3 Å². The number of aromatic nitrogens is 4. The second-order valence-corrected chi connectivity index (χ2v) is 6.83. The molecule has 0 bridgehead atoms. The van der Waals surface area contributed by atoms with Gasteiger partial charge in [-0.15, -0.1) is 0 Å². The lowest BCUT2D eigenvalue weighted by Gasteiger charge is -2.20. The number of nitrogens with zero attached hydrogens (tertiary/aromatic N) is 6. The predicted octanol–water partition coefficient (Wildman–Crippen LogP) is 0.993. The van der Waals surface area contributed by atoms with Gasteiger partial charge in [0.2, 0.25) is 11.3 Å². The number of hydrogen-bond acceptors (Lipinski definition) is 9. The molecule has 9 heteroatoms. The van der Waals surface area contributed by atoms with E-state index in [4.69, 9.17) is 9.37 Å². The fourth-order valence-corrected chi connectivity index (χ4v) is 3.64. The van der Waals surface area contributed by atoms with Crippen molar-refractivity contribution in [2.75, 3.05) is 63.2 Å². The van der Waals surface area contributed by atoms with Gasteiger partial charge >= 0.3 is 0 Å². The number of hydrogen-bond donors (Lipinski definition) is 1. The molecule has 4 heterocycles. The molecule has 0 spiro atoms. The molecule has 2 fully saturated rings. The minimum Gasteiger partial charge on any atom is -0.383 e. The van der Waals surface area contributed by atoms with Crippen molar-refractivity contribution in [1.29, 1.82) is 0 Å². The summed E-state index contributed by atoms with van der Waals surface area (Å²) in [4.78, 5) is 13.9. The Balaban J connectivity index is 1.44. The first-order valence-corrected chi connectivity index (χ1v) is 9.04. The lowest BCUT2D eigenvalue weighted by Crippen LogP contribution is -2.27. The predicted molar refractivity (Wildman–Crippen MR) is 93.8 cm³/mol. The molecule has 1 N–H and O–H groups in total. The van der Waals surface area contributed by atoms with E-state index < -0.39 is 0 Å². The van der Waals surface area contributed by atoms with Crippen LogP contribution in [0.1, 0.15) is 19.3 Å². The van der Waals surface area contributed by atoms with Crippen LogP contribution in [-0.4, -0.2) is 78.2 Å². The van der Waals surface area contributed by atoms with E-state index in [-0.39, 0.29) is 0 Å². The van der Waals surface area contributed by atoms with Crippen LogP contribution < -0.4 is 10.2 Å². The molecule has 4 rings (SSSR count). The van der Waals surface area contributed by atoms with Gasteiger partial charge in [0.15, 0.2) is 11.6 Å². The van der Waals surface area contributed by atoms with Gasteiger partial charge in [-0.05, 0) is 42.0 Å². The highest BCUT2D eigenvalue weighted by atomic mass is 16.6. The molecule has 0 aliphatic carbocycles. The van der Waals surface area contributed by atoms with Crippen molar-refractivity contribution in [3.05, 3.63) is 0 Å². The molecule has 0 saturated carbocycles. The standard InChI is InChI=1S/C16H25N7O2/c1-24-9-8-22-7-4-12(11-22)10-17-15-16(23-5-2-3-6-23)19-14-13(18-15)20-25-21-14/h12H,2-11H2,1H3,(H,17,18,20). The van der Waals surface area contributed by atoms with Gasteiger partial charge in [-0.25, -0.2) is 14.6 Å². The average molecular weight is 347 g/mol. The third kappa shape index (κ3) is 3.67. The highest BCUT2D eigenvalue weighted by molar-refractivity contribution is 5.74. The summed E-state index contributed by atoms with van der Waals surface area (Å²) in [7, 11) is 1.75. The average Bonchev–Trinajstić information content (AvgIpc) is 3.38. The molecule has 2 aromatic rings. The van der Waals surface area contributed by atoms with Crippen LogP contribution in [-0.2, 0) is 4.74 Å². The maximum Gasteiger partial charge on any atom is 0.245 e. The summed E-state index contributed by atoms with van der Waals surface area (Å²) in [6, 6.07) is 0. The first-order chi connectivity index (χ1) is 12.3. The maximum atomic E-state index is 5.17. The molecule has 0 amide bonds. The van der Waals surface area contributed by atoms with Crippen LogP contribution in [0.4, 0.5) is 11.6 Å². The van der Waals surface area contributed by atoms with Crippen molar-refractivity contribution >= 4 is 22.9 Å². The zero-order valence-corrected chi connectivity index (χ0v) is 14.6. The van der Waals surface area contributed by atoms with Gasteiger partial charge < -0.3 is 19.9 Å². The smallest absolute Gasteiger partial charge is 0.245 e. The Kier molecular flexibility index (Phi) is 4.93. The Morgan fingerprint density at radius 3 is 2.76 bits per heavy atom. The van der Waals surface area contributed by atoms with Crippen LogP contribution in [0.5, 0.6) is 0 Å². The van der Waals surface area contributed by atoms with E-state index in [0.29, 0.717) is 17.2 Å². The summed E-state index contributed by atoms with van der Waals surface area (Å²) < 4.78 is 9.95. The van der Waals surface area contributed by atoms with Crippen molar-refractivity contribution in [3.8, 4) is 0 Å². The largest absolute Gasteiger partial charge is 0.383 e. The molecule has 1 atom stereocenters. The van der Waals surface area contributed by atoms with Gasteiger partial charge in [0, 0.05) is 39.8 Å². The van der Waals surface area contributed by atoms with E-state index in [0.717, 1.165) is 57.5 Å². The van der Waals surface area contributed by atoms with Crippen LogP contribution in [0, 0.1) is 5.92 Å². The molecule has 1 unspecified atom stereocenters. The summed E-state index contributed by atoms with van der Waals surface area (Å²) in [6.07, 6.45) is 3.57. The van der Waals surface area contributed by atoms with Gasteiger partial charge in [-0.3, -0.25) is 0 Å². The summed E-state index contributed by atoms with van der Waals surface area (Å²) >= 11 is 0. The molecule has 2 aliphatic rings. The van der Waals surface area contributed by atoms with E-state index in [1.54, 1.807) is 7.11 Å². The van der Waals surface area contributed by atoms with E-state index in [2.05, 4.69) is 35.4 Å². The number of rotatable bonds is 7. The Bertz CT molecular complexity index is 701. The molecular weight excluding hydrogens is 322 g/mol. The minimum atomic E-state index is 0.457. The van der Waals surface area contributed by atoms with E-state index in [1.165, 1.54) is 19.3 Å². The number of anilines is 2. The summed E-state index contributed by atoms with van der Waals surface area (Å²) in [5, 5.41) is 11.2. The molecule has 9 nitrogen and oxygen atoms in total. The van der Waals surface area contributed by atoms with Crippen LogP contribution >= 0.6 is 0 Å². The summed E-state index contributed by atoms with van der Waals surface area (Å²) in [5.74, 6) is 2.27. The molecule has 2 aromatic heterocycles. The topological polar surface area (TPSA) is 92.4 Å². The third-order valence-electron chi connectivity index (χ3n) is 5.04. The Morgan fingerprint density at radius 1 is 1.16 bits per heavy atom. The van der Waals surface area contributed by atoms with Crippen molar-refractivity contribution in [3.63, 3.8) is 0 Å². The summed E-state index contributed by atoms with van der Waals surface area (Å²) in [6.45, 7) is 6.92. The zero-order valence-electron chi connectivity index (χ0n) is 14.6. The highest BCUT2D eigenvalue weighted by Gasteiger charge is 2.24. The molecule has 25 heavy (non-hydrogen) atoms. The van der Waals surface area contributed by atoms with Crippen LogP contribution in [0.25, 0.3) is 11.3 Å². The zero-order chi connectivity index (χ0) is 17.1. The molecule has 2 saturated heterocycles. The normalized spacial score (nSPS) is 21.5. The SMILES string of the molecule is COCCN1CCC(CNc2nc3nonc3nc2N2CCCC2)C1. The second kappa shape index (κ2) is 7.49. The fourth-order valence-electron chi connectivity index (χ4n) is 3.64. The third-order valence-corrected chi connectivity index (χ3v) is 5.04. The first kappa shape index (κ1) is 16.5. The first-order valence-electron chi connectivity index (χ1n) is 9.04. The van der Waals surface area contributed by atoms with E-state index in [9.17, 15) is 0 Å².